The molecule has 0 amide bonds. The van der Waals surface area contributed by atoms with Crippen LogP contribution in [0.2, 0.25) is 0 Å². The molecule has 0 spiro atoms. The van der Waals surface area contributed by atoms with Gasteiger partial charge in [-0.25, -0.2) is 0 Å². The second-order valence-electron chi connectivity index (χ2n) is 2.19. The van der Waals surface area contributed by atoms with Gasteiger partial charge in [0, 0.05) is 0 Å². The first-order valence-electron chi connectivity index (χ1n) is 5.27. The Hall–Kier alpha value is 0.168. The molecule has 0 aliphatic heterocycles. The molecule has 0 unspecified atom stereocenters. The molecular weight excluding hydrogens is 340 g/mol. The van der Waals surface area contributed by atoms with Gasteiger partial charge in [-0.05, 0) is 5.92 Å². The predicted molar refractivity (Wildman–Crippen MR) is 65.6 cm³/mol. The Bertz CT molecular complexity index is 59.6. The van der Waals surface area contributed by atoms with Crippen molar-refractivity contribution >= 4 is 0 Å². The van der Waals surface area contributed by atoms with Crippen LogP contribution in [0.3, 0.4) is 0 Å². The van der Waals surface area contributed by atoms with E-state index in [1.54, 1.807) is 0 Å². The standard InChI is InChI=1S/C5H12.C4H4.2C2H6.W/c1-4-5(2)3;1-3-4-2;2*1-2;/h5H,4H2,1-3H3;1-4H;2*1-2H3;/q;-2;;;+2. The molecule has 14 heavy (non-hydrogen) atoms. The minimum absolute atomic E-state index is 0. The Morgan fingerprint density at radius 1 is 0.929 bits per heavy atom. The molecule has 0 aromatic heterocycles. The summed E-state index contributed by atoms with van der Waals surface area (Å²) < 4.78 is 0. The van der Waals surface area contributed by atoms with Gasteiger partial charge in [0.15, 0.2) is 0 Å². The van der Waals surface area contributed by atoms with Gasteiger partial charge < -0.3 is 25.3 Å². The van der Waals surface area contributed by atoms with E-state index in [1.165, 1.54) is 18.6 Å². The maximum Gasteiger partial charge on any atom is 2.00 e. The van der Waals surface area contributed by atoms with Crippen LogP contribution < -0.4 is 0 Å². The Labute approximate surface area is 107 Å². The fourth-order valence-corrected chi connectivity index (χ4v) is 0. The summed E-state index contributed by atoms with van der Waals surface area (Å²) in [5.41, 5.74) is 0. The van der Waals surface area contributed by atoms with Gasteiger partial charge >= 0.3 is 21.1 Å². The number of allylic oxidation sites excluding steroid dienone is 2. The van der Waals surface area contributed by atoms with Crippen LogP contribution in [0.25, 0.3) is 0 Å². The SMILES string of the molecule is CC.CC.CCC(C)C.[CH-]=CC=[CH-].[W+2]. The van der Waals surface area contributed by atoms with Crippen LogP contribution >= 0.6 is 0 Å². The van der Waals surface area contributed by atoms with Gasteiger partial charge in [-0.1, -0.05) is 54.9 Å². The van der Waals surface area contributed by atoms with E-state index in [0.29, 0.717) is 0 Å². The van der Waals surface area contributed by atoms with Crippen LogP contribution in [0.15, 0.2) is 12.2 Å². The van der Waals surface area contributed by atoms with Gasteiger partial charge in [-0.15, -0.1) is 0 Å². The zero-order valence-electron chi connectivity index (χ0n) is 11.0. The van der Waals surface area contributed by atoms with Gasteiger partial charge in [0.05, 0.1) is 0 Å². The van der Waals surface area contributed by atoms with Crippen LogP contribution in [-0.2, 0) is 21.1 Å². The van der Waals surface area contributed by atoms with E-state index in [-0.39, 0.29) is 21.1 Å². The van der Waals surface area contributed by atoms with Crippen molar-refractivity contribution in [3.8, 4) is 0 Å². The van der Waals surface area contributed by atoms with Crippen molar-refractivity contribution in [2.24, 2.45) is 5.92 Å². The summed E-state index contributed by atoms with van der Waals surface area (Å²) in [7, 11) is 0. The molecule has 0 saturated carbocycles. The molecule has 0 rings (SSSR count). The smallest absolute Gasteiger partial charge is 0.394 e. The maximum absolute atomic E-state index is 4.72. The van der Waals surface area contributed by atoms with E-state index in [2.05, 4.69) is 20.8 Å². The summed E-state index contributed by atoms with van der Waals surface area (Å²) in [5.74, 6) is 0.884. The van der Waals surface area contributed by atoms with Crippen LogP contribution in [0.4, 0.5) is 0 Å². The molecule has 0 aliphatic rings. The second kappa shape index (κ2) is 51.2. The molecule has 0 heterocycles. The zero-order chi connectivity index (χ0) is 11.7. The normalized spacial score (nSPS) is 5.71. The Morgan fingerprint density at radius 3 is 1.07 bits per heavy atom. The molecule has 86 valence electrons. The number of rotatable bonds is 2. The molecule has 0 fully saturated rings. The minimum atomic E-state index is 0. The number of hydrogen-bond acceptors (Lipinski definition) is 0. The zero-order valence-corrected chi connectivity index (χ0v) is 13.9. The van der Waals surface area contributed by atoms with Gasteiger partial charge in [0.1, 0.15) is 0 Å². The third-order valence-corrected chi connectivity index (χ3v) is 0.928. The van der Waals surface area contributed by atoms with E-state index in [9.17, 15) is 0 Å². The summed E-state index contributed by atoms with van der Waals surface area (Å²) in [6.45, 7) is 24.1. The molecule has 0 N–H and O–H groups in total. The Morgan fingerprint density at radius 2 is 1.07 bits per heavy atom. The third kappa shape index (κ3) is 151. The number of hydrogen-bond donors (Lipinski definition) is 0. The predicted octanol–water partition coefficient (Wildman–Crippen LogP) is 5.07. The molecule has 0 nitrogen and oxygen atoms in total. The monoisotopic (exact) mass is 368 g/mol. The van der Waals surface area contributed by atoms with Crippen molar-refractivity contribution in [3.05, 3.63) is 25.3 Å². The van der Waals surface area contributed by atoms with Crippen molar-refractivity contribution < 1.29 is 21.1 Å². The molecule has 0 radical (unpaired) electrons. The van der Waals surface area contributed by atoms with E-state index in [1.807, 2.05) is 27.7 Å². The van der Waals surface area contributed by atoms with Crippen LogP contribution in [-0.4, -0.2) is 0 Å². The summed E-state index contributed by atoms with van der Waals surface area (Å²) in [5, 5.41) is 0. The largest absolute Gasteiger partial charge is 2.00 e. The Balaban J connectivity index is -0.0000000273. The molecule has 0 aliphatic carbocycles. The van der Waals surface area contributed by atoms with Crippen molar-refractivity contribution in [1.82, 2.24) is 0 Å². The summed E-state index contributed by atoms with van der Waals surface area (Å²) >= 11 is 0. The average Bonchev–Trinajstić information content (AvgIpc) is 2.24. The summed E-state index contributed by atoms with van der Waals surface area (Å²) in [4.78, 5) is 0. The minimum Gasteiger partial charge on any atom is -0.394 e. The van der Waals surface area contributed by atoms with Crippen LogP contribution in [0.1, 0.15) is 54.9 Å². The van der Waals surface area contributed by atoms with Crippen LogP contribution in [0, 0.1) is 19.1 Å². The van der Waals surface area contributed by atoms with E-state index >= 15 is 0 Å². The maximum atomic E-state index is 4.72. The molecule has 0 atom stereocenters. The third-order valence-electron chi connectivity index (χ3n) is 0.928. The van der Waals surface area contributed by atoms with E-state index < -0.39 is 0 Å². The first kappa shape index (κ1) is 29.2. The van der Waals surface area contributed by atoms with Crippen molar-refractivity contribution in [2.75, 3.05) is 0 Å². The fourth-order valence-electron chi connectivity index (χ4n) is 0. The Kier molecular flexibility index (Phi) is 107. The van der Waals surface area contributed by atoms with Crippen molar-refractivity contribution in [1.29, 1.82) is 0 Å². The molecule has 0 aromatic rings. The second-order valence-corrected chi connectivity index (χ2v) is 2.19. The van der Waals surface area contributed by atoms with E-state index in [4.69, 9.17) is 13.2 Å². The summed E-state index contributed by atoms with van der Waals surface area (Å²) in [6, 6.07) is 0. The molecule has 0 aromatic carbocycles. The van der Waals surface area contributed by atoms with Gasteiger partial charge in [-0.3, -0.25) is 0 Å². The molecule has 1 heteroatoms. The summed E-state index contributed by atoms with van der Waals surface area (Å²) in [6.07, 6.45) is 3.86. The van der Waals surface area contributed by atoms with Crippen LogP contribution in [0.5, 0.6) is 0 Å². The van der Waals surface area contributed by atoms with Crippen molar-refractivity contribution in [3.63, 3.8) is 0 Å². The van der Waals surface area contributed by atoms with Gasteiger partial charge in [0.25, 0.3) is 0 Å². The topological polar surface area (TPSA) is 0 Å². The molecule has 0 bridgehead atoms. The van der Waals surface area contributed by atoms with Crippen molar-refractivity contribution in [2.45, 2.75) is 54.9 Å². The van der Waals surface area contributed by atoms with Gasteiger partial charge in [-0.2, -0.15) is 0 Å². The average molecular weight is 368 g/mol. The van der Waals surface area contributed by atoms with E-state index in [0.717, 1.165) is 5.92 Å². The quantitative estimate of drug-likeness (QED) is 0.472. The van der Waals surface area contributed by atoms with Gasteiger partial charge in [0.2, 0.25) is 0 Å². The fraction of sp³-hybridized carbons (Fsp3) is 0.692. The molecule has 0 saturated heterocycles. The first-order chi connectivity index (χ1) is 6.18. The first-order valence-corrected chi connectivity index (χ1v) is 5.27. The molecular formula is C13H28W.